The van der Waals surface area contributed by atoms with Crippen molar-refractivity contribution in [1.29, 1.82) is 0 Å². The molecule has 3 rings (SSSR count). The third-order valence-electron chi connectivity index (χ3n) is 12.8. The van der Waals surface area contributed by atoms with Gasteiger partial charge in [-0.2, -0.15) is 0 Å². The molecule has 0 spiro atoms. The molecule has 70 heavy (non-hydrogen) atoms. The van der Waals surface area contributed by atoms with Crippen molar-refractivity contribution >= 4 is 19.8 Å². The second-order valence-corrected chi connectivity index (χ2v) is 20.3. The average Bonchev–Trinajstić information content (AvgIpc) is 3.38. The van der Waals surface area contributed by atoms with Crippen LogP contribution in [-0.4, -0.2) is 49.3 Å². The lowest BCUT2D eigenvalue weighted by atomic mass is 9.77. The summed E-state index contributed by atoms with van der Waals surface area (Å²) in [5.41, 5.74) is 2.20. The van der Waals surface area contributed by atoms with Crippen molar-refractivity contribution in [3.63, 3.8) is 0 Å². The molecule has 0 fully saturated rings. The molecule has 3 aromatic rings. The number of hydrogen-bond acceptors (Lipinski definition) is 8. The lowest BCUT2D eigenvalue weighted by Gasteiger charge is -2.37. The maximum atomic E-state index is 13.3. The summed E-state index contributed by atoms with van der Waals surface area (Å²) < 4.78 is 35.5. The smallest absolute Gasteiger partial charge is 0.462 e. The van der Waals surface area contributed by atoms with Crippen molar-refractivity contribution in [3.8, 4) is 0 Å². The van der Waals surface area contributed by atoms with Gasteiger partial charge in [-0.15, -0.1) is 0 Å². The molecule has 0 aliphatic heterocycles. The van der Waals surface area contributed by atoms with Gasteiger partial charge in [-0.25, -0.2) is 4.57 Å². The Morgan fingerprint density at radius 3 is 1.30 bits per heavy atom. The molecular formula is C60H92NO8P. The predicted octanol–water partition coefficient (Wildman–Crippen LogP) is 16.2. The van der Waals surface area contributed by atoms with E-state index in [9.17, 15) is 19.0 Å². The van der Waals surface area contributed by atoms with Crippen LogP contribution < -0.4 is 5.32 Å². The van der Waals surface area contributed by atoms with Crippen LogP contribution in [0.2, 0.25) is 0 Å². The number of rotatable bonds is 44. The minimum absolute atomic E-state index is 0.160. The van der Waals surface area contributed by atoms with E-state index in [1.807, 2.05) is 54.6 Å². The molecular weight excluding hydrogens is 894 g/mol. The van der Waals surface area contributed by atoms with E-state index in [1.54, 1.807) is 0 Å². The van der Waals surface area contributed by atoms with Crippen LogP contribution in [0.15, 0.2) is 115 Å². The topological polar surface area (TPSA) is 120 Å². The molecule has 0 saturated carbocycles. The fourth-order valence-corrected chi connectivity index (χ4v) is 9.54. The number of phosphoric ester groups is 1. The second-order valence-electron chi connectivity index (χ2n) is 18.8. The monoisotopic (exact) mass is 986 g/mol. The van der Waals surface area contributed by atoms with Gasteiger partial charge in [0.25, 0.3) is 0 Å². The number of esters is 2. The van der Waals surface area contributed by atoms with Crippen molar-refractivity contribution in [2.45, 2.75) is 205 Å². The molecule has 10 heteroatoms. The summed E-state index contributed by atoms with van der Waals surface area (Å²) in [6, 6.07) is 30.2. The van der Waals surface area contributed by atoms with Gasteiger partial charge in [-0.3, -0.25) is 24.0 Å². The van der Waals surface area contributed by atoms with Crippen LogP contribution in [0.25, 0.3) is 0 Å². The zero-order chi connectivity index (χ0) is 50.1. The number of carbonyl (C=O) groups excluding carboxylic acids is 2. The highest BCUT2D eigenvalue weighted by molar-refractivity contribution is 7.47. The van der Waals surface area contributed by atoms with E-state index in [-0.39, 0.29) is 32.6 Å². The van der Waals surface area contributed by atoms with E-state index in [2.05, 4.69) is 79.9 Å². The molecule has 0 amide bonds. The molecule has 0 aliphatic rings. The van der Waals surface area contributed by atoms with E-state index in [4.69, 9.17) is 18.5 Å². The molecule has 0 saturated heterocycles. The van der Waals surface area contributed by atoms with Gasteiger partial charge >= 0.3 is 19.8 Å². The first-order chi connectivity index (χ1) is 34.3. The molecule has 9 nitrogen and oxygen atoms in total. The lowest BCUT2D eigenvalue weighted by molar-refractivity contribution is -0.161. The van der Waals surface area contributed by atoms with Crippen LogP contribution in [0.5, 0.6) is 0 Å². The molecule has 2 N–H and O–H groups in total. The Hall–Kier alpha value is -3.85. The Bertz CT molecular complexity index is 1740. The number of unbranched alkanes of at least 4 members (excludes halogenated alkanes) is 22. The maximum Gasteiger partial charge on any atom is 0.472 e. The molecule has 390 valence electrons. The van der Waals surface area contributed by atoms with Crippen molar-refractivity contribution in [2.75, 3.05) is 26.4 Å². The fraction of sp³-hybridized carbons (Fsp3) is 0.600. The van der Waals surface area contributed by atoms with Gasteiger partial charge in [0.05, 0.1) is 18.8 Å². The first-order valence-corrected chi connectivity index (χ1v) is 29.0. The minimum Gasteiger partial charge on any atom is -0.462 e. The molecule has 0 aliphatic carbocycles. The summed E-state index contributed by atoms with van der Waals surface area (Å²) in [5, 5.41) is 3.63. The van der Waals surface area contributed by atoms with Gasteiger partial charge in [0.1, 0.15) is 6.61 Å². The number of allylic oxidation sites excluding steroid dienone is 4. The third kappa shape index (κ3) is 27.7. The minimum atomic E-state index is -4.62. The Morgan fingerprint density at radius 2 is 0.886 bits per heavy atom. The highest BCUT2D eigenvalue weighted by atomic mass is 31.2. The summed E-state index contributed by atoms with van der Waals surface area (Å²) in [4.78, 5) is 36.7. The number of phosphoric acid groups is 1. The zero-order valence-electron chi connectivity index (χ0n) is 43.4. The molecule has 2 unspecified atom stereocenters. The van der Waals surface area contributed by atoms with Gasteiger partial charge in [-0.1, -0.05) is 232 Å². The van der Waals surface area contributed by atoms with Crippen molar-refractivity contribution < 1.29 is 37.6 Å². The van der Waals surface area contributed by atoms with Crippen LogP contribution in [0.1, 0.15) is 210 Å². The largest absolute Gasteiger partial charge is 0.472 e. The van der Waals surface area contributed by atoms with E-state index in [1.165, 1.54) is 83.5 Å². The van der Waals surface area contributed by atoms with Crippen LogP contribution in [0.4, 0.5) is 0 Å². The number of ether oxygens (including phenoxy) is 2. The van der Waals surface area contributed by atoms with Gasteiger partial charge in [0, 0.05) is 19.4 Å². The normalized spacial score (nSPS) is 13.2. The number of nitrogens with one attached hydrogen (secondary N) is 1. The SMILES string of the molecule is CCCCCCCCC=CCCCCCCCC(=O)OCC(COP(=O)(O)OCCNC(c1ccccc1)(c1ccccc1)c1ccccc1)OC(=O)CCCCCCCC=CCCCCCCCC. The Balaban J connectivity index is 1.46. The lowest BCUT2D eigenvalue weighted by Crippen LogP contribution is -2.46. The number of hydrogen-bond donors (Lipinski definition) is 2. The van der Waals surface area contributed by atoms with Crippen LogP contribution in [0, 0.1) is 0 Å². The van der Waals surface area contributed by atoms with E-state index in [0.717, 1.165) is 87.3 Å². The Morgan fingerprint density at radius 1 is 0.514 bits per heavy atom. The molecule has 2 atom stereocenters. The van der Waals surface area contributed by atoms with Gasteiger partial charge < -0.3 is 14.4 Å². The Kier molecular flexibility index (Phi) is 34.3. The molecule has 0 bridgehead atoms. The molecule has 0 heterocycles. The first-order valence-electron chi connectivity index (χ1n) is 27.5. The standard InChI is InChI=1S/C60H92NO8P/c1-3-5-7-9-11-13-15-17-19-21-23-25-27-29-40-48-58(62)66-52-57(69-59(63)49-41-30-28-26-24-22-20-18-16-14-12-10-8-6-4-2)53-68-70(64,65)67-51-50-61-60(54-42-34-31-35-43-54,55-44-36-32-37-45-55)56-46-38-33-39-47-56/h17-20,31-39,42-47,57,61H,3-16,21-30,40-41,48-53H2,1-2H3,(H,64,65). The van der Waals surface area contributed by atoms with Crippen LogP contribution in [0.3, 0.4) is 0 Å². The van der Waals surface area contributed by atoms with Crippen LogP contribution in [-0.2, 0) is 38.2 Å². The summed E-state index contributed by atoms with van der Waals surface area (Å²) in [6.07, 6.45) is 38.8. The first kappa shape index (κ1) is 60.5. The predicted molar refractivity (Wildman–Crippen MR) is 289 cm³/mol. The van der Waals surface area contributed by atoms with Crippen LogP contribution >= 0.6 is 7.82 Å². The zero-order valence-corrected chi connectivity index (χ0v) is 44.3. The highest BCUT2D eigenvalue weighted by Gasteiger charge is 2.36. The van der Waals surface area contributed by atoms with E-state index >= 15 is 0 Å². The summed E-state index contributed by atoms with van der Waals surface area (Å²) >= 11 is 0. The van der Waals surface area contributed by atoms with E-state index < -0.39 is 38.0 Å². The second kappa shape index (κ2) is 39.7. The van der Waals surface area contributed by atoms with Gasteiger partial charge in [0.2, 0.25) is 0 Å². The summed E-state index contributed by atoms with van der Waals surface area (Å²) in [5.74, 6) is -0.860. The molecule has 3 aromatic carbocycles. The number of carbonyl (C=O) groups is 2. The van der Waals surface area contributed by atoms with Crippen molar-refractivity contribution in [2.24, 2.45) is 0 Å². The Labute approximate surface area is 424 Å². The van der Waals surface area contributed by atoms with Crippen molar-refractivity contribution in [3.05, 3.63) is 132 Å². The highest BCUT2D eigenvalue weighted by Crippen LogP contribution is 2.43. The maximum absolute atomic E-state index is 13.3. The summed E-state index contributed by atoms with van der Waals surface area (Å²) in [6.45, 7) is 3.78. The quantitative estimate of drug-likeness (QED) is 0.0188. The van der Waals surface area contributed by atoms with E-state index in [0.29, 0.717) is 12.8 Å². The molecule has 0 aromatic heterocycles. The number of benzene rings is 3. The van der Waals surface area contributed by atoms with Gasteiger partial charge in [0.15, 0.2) is 6.10 Å². The third-order valence-corrected chi connectivity index (χ3v) is 13.8. The van der Waals surface area contributed by atoms with Crippen molar-refractivity contribution in [1.82, 2.24) is 5.32 Å². The molecule has 0 radical (unpaired) electrons. The summed E-state index contributed by atoms with van der Waals surface area (Å²) in [7, 11) is -4.62. The average molecular weight is 986 g/mol. The fourth-order valence-electron chi connectivity index (χ4n) is 8.78. The van der Waals surface area contributed by atoms with Gasteiger partial charge in [-0.05, 0) is 80.9 Å².